The van der Waals surface area contributed by atoms with E-state index in [9.17, 15) is 0 Å². The monoisotopic (exact) mass is 365 g/mol. The summed E-state index contributed by atoms with van der Waals surface area (Å²) in [5, 5.41) is 7.69. The molecule has 4 rings (SSSR count). The molecule has 1 aliphatic rings. The van der Waals surface area contributed by atoms with Crippen molar-refractivity contribution < 1.29 is 4.74 Å². The highest BCUT2D eigenvalue weighted by atomic mass is 16.5. The van der Waals surface area contributed by atoms with Crippen molar-refractivity contribution in [3.63, 3.8) is 0 Å². The first kappa shape index (κ1) is 17.4. The fourth-order valence-electron chi connectivity index (χ4n) is 3.06. The lowest BCUT2D eigenvalue weighted by molar-refractivity contribution is 0.122. The van der Waals surface area contributed by atoms with Gasteiger partial charge in [-0.3, -0.25) is 0 Å². The van der Waals surface area contributed by atoms with Crippen molar-refractivity contribution >= 4 is 11.8 Å². The van der Waals surface area contributed by atoms with Gasteiger partial charge in [0.1, 0.15) is 18.5 Å². The van der Waals surface area contributed by atoms with Gasteiger partial charge in [-0.25, -0.2) is 14.6 Å². The standard InChI is InChI=1S/C19H23N7O/c1-2-16-11-18(24-19(23-16)25-7-9-27-10-8-25)21-12-15-5-3-4-6-17(15)26-14-20-13-22-26/h3-6,11,13-14H,2,7-10,12H2,1H3,(H,21,23,24). The average Bonchev–Trinajstić information content (AvgIpc) is 3.27. The largest absolute Gasteiger partial charge is 0.378 e. The molecule has 3 aromatic rings. The number of hydrogen-bond donors (Lipinski definition) is 1. The van der Waals surface area contributed by atoms with E-state index in [-0.39, 0.29) is 0 Å². The molecule has 0 bridgehead atoms. The Balaban J connectivity index is 1.55. The lowest BCUT2D eigenvalue weighted by atomic mass is 10.2. The van der Waals surface area contributed by atoms with Crippen LogP contribution in [0.4, 0.5) is 11.8 Å². The van der Waals surface area contributed by atoms with Gasteiger partial charge in [-0.2, -0.15) is 10.1 Å². The molecule has 0 unspecified atom stereocenters. The number of morpholine rings is 1. The lowest BCUT2D eigenvalue weighted by Crippen LogP contribution is -2.37. The fraction of sp³-hybridized carbons (Fsp3) is 0.368. The molecule has 0 radical (unpaired) electrons. The van der Waals surface area contributed by atoms with Gasteiger partial charge in [-0.1, -0.05) is 25.1 Å². The van der Waals surface area contributed by atoms with E-state index < -0.39 is 0 Å². The number of aromatic nitrogens is 5. The first-order valence-electron chi connectivity index (χ1n) is 9.21. The van der Waals surface area contributed by atoms with Crippen LogP contribution in [0.5, 0.6) is 0 Å². The Kier molecular flexibility index (Phi) is 5.24. The summed E-state index contributed by atoms with van der Waals surface area (Å²) < 4.78 is 7.21. The highest BCUT2D eigenvalue weighted by Crippen LogP contribution is 2.18. The minimum atomic E-state index is 0.638. The molecule has 0 aliphatic carbocycles. The second-order valence-electron chi connectivity index (χ2n) is 6.32. The minimum absolute atomic E-state index is 0.638. The molecule has 1 N–H and O–H groups in total. The molecule has 3 heterocycles. The average molecular weight is 365 g/mol. The number of benzene rings is 1. The molecule has 27 heavy (non-hydrogen) atoms. The molecule has 0 spiro atoms. The van der Waals surface area contributed by atoms with Crippen LogP contribution < -0.4 is 10.2 Å². The number of nitrogens with zero attached hydrogens (tertiary/aromatic N) is 6. The van der Waals surface area contributed by atoms with Crippen LogP contribution in [-0.4, -0.2) is 51.0 Å². The third kappa shape index (κ3) is 4.06. The highest BCUT2D eigenvalue weighted by Gasteiger charge is 2.15. The van der Waals surface area contributed by atoms with Crippen LogP contribution in [-0.2, 0) is 17.7 Å². The summed E-state index contributed by atoms with van der Waals surface area (Å²) in [5.41, 5.74) is 3.15. The first-order chi connectivity index (χ1) is 13.3. The Bertz CT molecular complexity index is 876. The first-order valence-corrected chi connectivity index (χ1v) is 9.21. The number of anilines is 2. The lowest BCUT2D eigenvalue weighted by Gasteiger charge is -2.27. The Morgan fingerprint density at radius 3 is 2.78 bits per heavy atom. The van der Waals surface area contributed by atoms with Crippen molar-refractivity contribution in [3.05, 3.63) is 54.2 Å². The smallest absolute Gasteiger partial charge is 0.227 e. The Morgan fingerprint density at radius 2 is 2.00 bits per heavy atom. The van der Waals surface area contributed by atoms with Crippen molar-refractivity contribution in [3.8, 4) is 5.69 Å². The quantitative estimate of drug-likeness (QED) is 0.716. The molecule has 2 aromatic heterocycles. The topological polar surface area (TPSA) is 81.0 Å². The molecule has 0 saturated carbocycles. The van der Waals surface area contributed by atoms with E-state index in [4.69, 9.17) is 9.72 Å². The molecule has 0 amide bonds. The maximum absolute atomic E-state index is 5.44. The Morgan fingerprint density at radius 1 is 1.15 bits per heavy atom. The summed E-state index contributed by atoms with van der Waals surface area (Å²) >= 11 is 0. The summed E-state index contributed by atoms with van der Waals surface area (Å²) in [6.45, 7) is 5.82. The normalized spacial score (nSPS) is 14.3. The maximum Gasteiger partial charge on any atom is 0.227 e. The molecule has 1 fully saturated rings. The fourth-order valence-corrected chi connectivity index (χ4v) is 3.06. The minimum Gasteiger partial charge on any atom is -0.378 e. The second kappa shape index (κ2) is 8.13. The van der Waals surface area contributed by atoms with Crippen LogP contribution in [0.3, 0.4) is 0 Å². The zero-order chi connectivity index (χ0) is 18.5. The summed E-state index contributed by atoms with van der Waals surface area (Å²) in [6.07, 6.45) is 4.11. The van der Waals surface area contributed by atoms with Crippen molar-refractivity contribution in [2.24, 2.45) is 0 Å². The SMILES string of the molecule is CCc1cc(NCc2ccccc2-n2cncn2)nc(N2CCOCC2)n1. The van der Waals surface area contributed by atoms with Crippen LogP contribution in [0.2, 0.25) is 0 Å². The van der Waals surface area contributed by atoms with Crippen LogP contribution in [0, 0.1) is 0 Å². The number of para-hydroxylation sites is 1. The number of rotatable bonds is 6. The molecule has 0 atom stereocenters. The predicted molar refractivity (Wildman–Crippen MR) is 103 cm³/mol. The molecule has 1 saturated heterocycles. The Labute approximate surface area is 158 Å². The van der Waals surface area contributed by atoms with Crippen molar-refractivity contribution in [2.75, 3.05) is 36.5 Å². The van der Waals surface area contributed by atoms with Gasteiger partial charge in [-0.05, 0) is 18.1 Å². The summed E-state index contributed by atoms with van der Waals surface area (Å²) in [5.74, 6) is 1.60. The number of aryl methyl sites for hydroxylation is 1. The third-order valence-corrected chi connectivity index (χ3v) is 4.54. The third-order valence-electron chi connectivity index (χ3n) is 4.54. The summed E-state index contributed by atoms with van der Waals surface area (Å²) in [6, 6.07) is 10.1. The number of ether oxygens (including phenoxy) is 1. The van der Waals surface area contributed by atoms with Crippen molar-refractivity contribution in [1.29, 1.82) is 0 Å². The predicted octanol–water partition coefficient (Wildman–Crippen LogP) is 2.07. The van der Waals surface area contributed by atoms with E-state index >= 15 is 0 Å². The van der Waals surface area contributed by atoms with Crippen LogP contribution in [0.15, 0.2) is 43.0 Å². The maximum atomic E-state index is 5.44. The van der Waals surface area contributed by atoms with Gasteiger partial charge in [0.2, 0.25) is 5.95 Å². The zero-order valence-corrected chi connectivity index (χ0v) is 15.4. The van der Waals surface area contributed by atoms with Gasteiger partial charge in [0.25, 0.3) is 0 Å². The van der Waals surface area contributed by atoms with E-state index in [1.165, 1.54) is 6.33 Å². The van der Waals surface area contributed by atoms with Crippen LogP contribution >= 0.6 is 0 Å². The van der Waals surface area contributed by atoms with Crippen molar-refractivity contribution in [2.45, 2.75) is 19.9 Å². The van der Waals surface area contributed by atoms with E-state index in [0.29, 0.717) is 19.8 Å². The molecule has 140 valence electrons. The molecule has 1 aliphatic heterocycles. The summed E-state index contributed by atoms with van der Waals surface area (Å²) in [4.78, 5) is 15.6. The van der Waals surface area contributed by atoms with Gasteiger partial charge in [-0.15, -0.1) is 0 Å². The van der Waals surface area contributed by atoms with Gasteiger partial charge in [0, 0.05) is 31.4 Å². The van der Waals surface area contributed by atoms with Crippen LogP contribution in [0.25, 0.3) is 5.69 Å². The van der Waals surface area contributed by atoms with Gasteiger partial charge >= 0.3 is 0 Å². The molecular formula is C19H23N7O. The van der Waals surface area contributed by atoms with E-state index in [0.717, 1.165) is 48.2 Å². The number of hydrogen-bond acceptors (Lipinski definition) is 7. The second-order valence-corrected chi connectivity index (χ2v) is 6.32. The highest BCUT2D eigenvalue weighted by molar-refractivity contribution is 5.47. The molecule has 8 nitrogen and oxygen atoms in total. The Hall–Kier alpha value is -3.00. The van der Waals surface area contributed by atoms with Crippen molar-refractivity contribution in [1.82, 2.24) is 24.7 Å². The van der Waals surface area contributed by atoms with E-state index in [1.807, 2.05) is 24.3 Å². The van der Waals surface area contributed by atoms with E-state index in [1.54, 1.807) is 11.0 Å². The van der Waals surface area contributed by atoms with E-state index in [2.05, 4.69) is 38.3 Å². The van der Waals surface area contributed by atoms with Gasteiger partial charge in [0.05, 0.1) is 18.9 Å². The number of nitrogens with one attached hydrogen (secondary N) is 1. The molecule has 8 heteroatoms. The van der Waals surface area contributed by atoms with Gasteiger partial charge < -0.3 is 15.0 Å². The molecule has 1 aromatic carbocycles. The summed E-state index contributed by atoms with van der Waals surface area (Å²) in [7, 11) is 0. The van der Waals surface area contributed by atoms with Crippen LogP contribution in [0.1, 0.15) is 18.2 Å². The zero-order valence-electron chi connectivity index (χ0n) is 15.4. The molecular weight excluding hydrogens is 342 g/mol. The van der Waals surface area contributed by atoms with Gasteiger partial charge in [0.15, 0.2) is 0 Å².